The monoisotopic (exact) mass is 311 g/mol. The molecule has 0 saturated heterocycles. The van der Waals surface area contributed by atoms with E-state index in [1.165, 1.54) is 44.9 Å². The number of hydrogen-bond donors (Lipinski definition) is 1. The zero-order chi connectivity index (χ0) is 15.7. The van der Waals surface area contributed by atoms with E-state index >= 15 is 0 Å². The van der Waals surface area contributed by atoms with Gasteiger partial charge in [0, 0.05) is 11.6 Å². The van der Waals surface area contributed by atoms with E-state index in [0.29, 0.717) is 11.0 Å². The maximum Gasteiger partial charge on any atom is 0.387 e. The molecule has 1 unspecified atom stereocenters. The Balaban J connectivity index is 1.72. The van der Waals surface area contributed by atoms with Crippen LogP contribution >= 0.6 is 0 Å². The molecular formula is C16H19F2NO3. The molecule has 2 fully saturated rings. The van der Waals surface area contributed by atoms with E-state index in [1.807, 2.05) is 0 Å². The molecule has 1 amide bonds. The number of amides is 1. The molecule has 1 N–H and O–H groups in total. The van der Waals surface area contributed by atoms with Crippen molar-refractivity contribution >= 4 is 5.91 Å². The van der Waals surface area contributed by atoms with Crippen LogP contribution in [0.5, 0.6) is 11.5 Å². The maximum atomic E-state index is 12.4. The molecule has 0 aliphatic heterocycles. The molecule has 4 nitrogen and oxygen atoms in total. The first-order chi connectivity index (χ1) is 10.5. The van der Waals surface area contributed by atoms with Gasteiger partial charge in [-0.3, -0.25) is 4.79 Å². The topological polar surface area (TPSA) is 47.6 Å². The summed E-state index contributed by atoms with van der Waals surface area (Å²) < 4.78 is 34.2. The van der Waals surface area contributed by atoms with Crippen LogP contribution in [0.2, 0.25) is 0 Å². The number of rotatable bonds is 5. The lowest BCUT2D eigenvalue weighted by Gasteiger charge is -2.56. The fourth-order valence-corrected chi connectivity index (χ4v) is 3.40. The molecule has 0 radical (unpaired) electrons. The highest BCUT2D eigenvalue weighted by molar-refractivity contribution is 5.95. The summed E-state index contributed by atoms with van der Waals surface area (Å²) in [5, 5.41) is 3.02. The summed E-state index contributed by atoms with van der Waals surface area (Å²) in [4.78, 5) is 12.3. The smallest absolute Gasteiger partial charge is 0.387 e. The standard InChI is InChI=1S/C16H19F2NO3/c1-21-11-4-3-10(9-12(11)22-15(17)18)14(20)19-13-5-8-16(13)6-2-7-16/h3-4,9,13,15H,2,5-8H2,1H3,(H,19,20). The Bertz CT molecular complexity index is 567. The number of hydrogen-bond acceptors (Lipinski definition) is 3. The molecule has 0 bridgehead atoms. The summed E-state index contributed by atoms with van der Waals surface area (Å²) in [7, 11) is 1.36. The zero-order valence-corrected chi connectivity index (χ0v) is 12.4. The summed E-state index contributed by atoms with van der Waals surface area (Å²) in [6, 6.07) is 4.52. The van der Waals surface area contributed by atoms with Gasteiger partial charge in [-0.15, -0.1) is 0 Å². The highest BCUT2D eigenvalue weighted by Gasteiger charge is 2.51. The quantitative estimate of drug-likeness (QED) is 0.907. The Labute approximate surface area is 127 Å². The van der Waals surface area contributed by atoms with Crippen LogP contribution in [0.3, 0.4) is 0 Å². The number of alkyl halides is 2. The van der Waals surface area contributed by atoms with Crippen molar-refractivity contribution < 1.29 is 23.0 Å². The van der Waals surface area contributed by atoms with Gasteiger partial charge in [0.2, 0.25) is 0 Å². The van der Waals surface area contributed by atoms with Gasteiger partial charge in [0.05, 0.1) is 7.11 Å². The highest BCUT2D eigenvalue weighted by atomic mass is 19.3. The molecule has 0 heterocycles. The predicted molar refractivity (Wildman–Crippen MR) is 76.4 cm³/mol. The fraction of sp³-hybridized carbons (Fsp3) is 0.562. The minimum atomic E-state index is -2.96. The number of carbonyl (C=O) groups excluding carboxylic acids is 1. The molecule has 120 valence electrons. The van der Waals surface area contributed by atoms with Crippen molar-refractivity contribution in [3.63, 3.8) is 0 Å². The molecule has 22 heavy (non-hydrogen) atoms. The van der Waals surface area contributed by atoms with Crippen LogP contribution in [0.4, 0.5) is 8.78 Å². The van der Waals surface area contributed by atoms with Gasteiger partial charge in [-0.2, -0.15) is 8.78 Å². The van der Waals surface area contributed by atoms with Crippen molar-refractivity contribution in [3.8, 4) is 11.5 Å². The maximum absolute atomic E-state index is 12.4. The third kappa shape index (κ3) is 2.62. The van der Waals surface area contributed by atoms with Gasteiger partial charge in [-0.25, -0.2) is 0 Å². The van der Waals surface area contributed by atoms with Crippen LogP contribution in [0.25, 0.3) is 0 Å². The van der Waals surface area contributed by atoms with Gasteiger partial charge >= 0.3 is 6.61 Å². The fourth-order valence-electron chi connectivity index (χ4n) is 3.40. The van der Waals surface area contributed by atoms with Gasteiger partial charge < -0.3 is 14.8 Å². The molecule has 1 spiro atoms. The Morgan fingerprint density at radius 2 is 2.09 bits per heavy atom. The summed E-state index contributed by atoms with van der Waals surface area (Å²) in [6.45, 7) is -2.96. The van der Waals surface area contributed by atoms with E-state index < -0.39 is 6.61 Å². The summed E-state index contributed by atoms with van der Waals surface area (Å²) in [5.74, 6) is -0.203. The second kappa shape index (κ2) is 5.74. The second-order valence-electron chi connectivity index (χ2n) is 6.02. The third-order valence-corrected chi connectivity index (χ3v) is 4.97. The lowest BCUT2D eigenvalue weighted by molar-refractivity contribution is -0.0512. The number of benzene rings is 1. The van der Waals surface area contributed by atoms with Gasteiger partial charge in [0.15, 0.2) is 11.5 Å². The Morgan fingerprint density at radius 1 is 1.32 bits per heavy atom. The van der Waals surface area contributed by atoms with E-state index in [0.717, 1.165) is 6.42 Å². The van der Waals surface area contributed by atoms with Crippen LogP contribution in [-0.2, 0) is 0 Å². The van der Waals surface area contributed by atoms with E-state index in [9.17, 15) is 13.6 Å². The molecule has 2 saturated carbocycles. The van der Waals surface area contributed by atoms with E-state index in [1.54, 1.807) is 6.07 Å². The minimum absolute atomic E-state index is 0.128. The minimum Gasteiger partial charge on any atom is -0.493 e. The summed E-state index contributed by atoms with van der Waals surface area (Å²) in [5.41, 5.74) is 0.600. The van der Waals surface area contributed by atoms with E-state index in [2.05, 4.69) is 10.1 Å². The van der Waals surface area contributed by atoms with E-state index in [4.69, 9.17) is 4.74 Å². The number of halogens is 2. The number of carbonyl (C=O) groups is 1. The summed E-state index contributed by atoms with van der Waals surface area (Å²) in [6.07, 6.45) is 5.71. The molecule has 2 aliphatic rings. The molecule has 2 aliphatic carbocycles. The molecule has 6 heteroatoms. The van der Waals surface area contributed by atoms with Crippen LogP contribution in [-0.4, -0.2) is 25.7 Å². The van der Waals surface area contributed by atoms with Crippen molar-refractivity contribution in [2.75, 3.05) is 7.11 Å². The highest BCUT2D eigenvalue weighted by Crippen LogP contribution is 2.55. The van der Waals surface area contributed by atoms with Crippen LogP contribution in [0.1, 0.15) is 42.5 Å². The molecular weight excluding hydrogens is 292 g/mol. The van der Waals surface area contributed by atoms with E-state index in [-0.39, 0.29) is 23.4 Å². The van der Waals surface area contributed by atoms with Gasteiger partial charge in [0.1, 0.15) is 0 Å². The van der Waals surface area contributed by atoms with Crippen molar-refractivity contribution in [2.24, 2.45) is 5.41 Å². The second-order valence-corrected chi connectivity index (χ2v) is 6.02. The van der Waals surface area contributed by atoms with Crippen molar-refractivity contribution in [3.05, 3.63) is 23.8 Å². The molecule has 1 aromatic rings. The first-order valence-electron chi connectivity index (χ1n) is 7.48. The largest absolute Gasteiger partial charge is 0.493 e. The predicted octanol–water partition coefficient (Wildman–Crippen LogP) is 3.36. The van der Waals surface area contributed by atoms with Crippen LogP contribution in [0, 0.1) is 5.41 Å². The third-order valence-electron chi connectivity index (χ3n) is 4.97. The lowest BCUT2D eigenvalue weighted by atomic mass is 9.53. The number of ether oxygens (including phenoxy) is 2. The zero-order valence-electron chi connectivity index (χ0n) is 12.4. The summed E-state index contributed by atoms with van der Waals surface area (Å²) >= 11 is 0. The number of methoxy groups -OCH3 is 1. The Morgan fingerprint density at radius 3 is 2.59 bits per heavy atom. The SMILES string of the molecule is COc1ccc(C(=O)NC2CCC23CCC3)cc1OC(F)F. The van der Waals surface area contributed by atoms with Gasteiger partial charge in [-0.1, -0.05) is 6.42 Å². The normalized spacial score (nSPS) is 21.9. The molecule has 3 rings (SSSR count). The Hall–Kier alpha value is -1.85. The average Bonchev–Trinajstić information content (AvgIpc) is 2.41. The first kappa shape index (κ1) is 15.1. The van der Waals surface area contributed by atoms with Crippen molar-refractivity contribution in [2.45, 2.75) is 44.8 Å². The van der Waals surface area contributed by atoms with Crippen molar-refractivity contribution in [1.29, 1.82) is 0 Å². The van der Waals surface area contributed by atoms with Crippen LogP contribution in [0.15, 0.2) is 18.2 Å². The van der Waals surface area contributed by atoms with Crippen LogP contribution < -0.4 is 14.8 Å². The Kier molecular flexibility index (Phi) is 3.93. The lowest BCUT2D eigenvalue weighted by Crippen LogP contribution is -2.58. The van der Waals surface area contributed by atoms with Gasteiger partial charge in [0.25, 0.3) is 5.91 Å². The first-order valence-corrected chi connectivity index (χ1v) is 7.48. The number of nitrogens with one attached hydrogen (secondary N) is 1. The molecule has 1 aromatic carbocycles. The van der Waals surface area contributed by atoms with Gasteiger partial charge in [-0.05, 0) is 49.3 Å². The molecule has 1 atom stereocenters. The molecule has 0 aromatic heterocycles. The van der Waals surface area contributed by atoms with Crippen molar-refractivity contribution in [1.82, 2.24) is 5.32 Å². The average molecular weight is 311 g/mol.